The minimum atomic E-state index is -0.515. The van der Waals surface area contributed by atoms with Gasteiger partial charge in [-0.05, 0) is 71.8 Å². The number of amides is 3. The van der Waals surface area contributed by atoms with Crippen LogP contribution in [0.2, 0.25) is 5.02 Å². The van der Waals surface area contributed by atoms with Crippen LogP contribution in [0, 0.1) is 0 Å². The molecule has 3 amide bonds. The highest BCUT2D eigenvalue weighted by Gasteiger charge is 2.22. The maximum Gasteiger partial charge on any atom is 0.272 e. The van der Waals surface area contributed by atoms with Crippen LogP contribution in [0.3, 0.4) is 0 Å². The van der Waals surface area contributed by atoms with E-state index in [1.54, 1.807) is 66.7 Å². The first-order valence-electron chi connectivity index (χ1n) is 13.8. The molecule has 5 rings (SSSR count). The van der Waals surface area contributed by atoms with Gasteiger partial charge in [-0.15, -0.1) is 11.8 Å². The van der Waals surface area contributed by atoms with E-state index in [-0.39, 0.29) is 11.6 Å². The molecule has 0 saturated carbocycles. The van der Waals surface area contributed by atoms with Crippen molar-refractivity contribution in [2.24, 2.45) is 0 Å². The van der Waals surface area contributed by atoms with Crippen molar-refractivity contribution in [1.29, 1.82) is 0 Å². The SMILES string of the molecule is O=C(Nc1ccc(SC(C(=O)Nc2ccccc2)c2ccccc2)cc1)/C(=C/c1ccccc1Cl)NC(=O)c1ccccc1. The van der Waals surface area contributed by atoms with Crippen molar-refractivity contribution in [1.82, 2.24) is 5.32 Å². The molecule has 0 fully saturated rings. The van der Waals surface area contributed by atoms with Gasteiger partial charge in [0.2, 0.25) is 5.91 Å². The first-order valence-corrected chi connectivity index (χ1v) is 15.0. The van der Waals surface area contributed by atoms with Crippen molar-refractivity contribution in [3.8, 4) is 0 Å². The Morgan fingerprint density at radius 2 is 1.20 bits per heavy atom. The highest BCUT2D eigenvalue weighted by Crippen LogP contribution is 2.36. The topological polar surface area (TPSA) is 87.3 Å². The zero-order chi connectivity index (χ0) is 30.7. The molecule has 0 saturated heterocycles. The molecule has 1 unspecified atom stereocenters. The quantitative estimate of drug-likeness (QED) is 0.109. The van der Waals surface area contributed by atoms with Crippen LogP contribution in [0.1, 0.15) is 26.7 Å². The average Bonchev–Trinajstić information content (AvgIpc) is 3.06. The number of carbonyl (C=O) groups is 3. The number of hydrogen-bond acceptors (Lipinski definition) is 4. The van der Waals surface area contributed by atoms with Gasteiger partial charge in [0.15, 0.2) is 0 Å². The number of para-hydroxylation sites is 1. The summed E-state index contributed by atoms with van der Waals surface area (Å²) in [5, 5.41) is 8.51. The second-order valence-corrected chi connectivity index (χ2v) is 11.2. The number of benzene rings is 5. The molecule has 5 aromatic carbocycles. The number of halogens is 1. The Balaban J connectivity index is 1.33. The zero-order valence-corrected chi connectivity index (χ0v) is 25.0. The van der Waals surface area contributed by atoms with Crippen LogP contribution in [0.4, 0.5) is 11.4 Å². The summed E-state index contributed by atoms with van der Waals surface area (Å²) in [5.74, 6) is -1.08. The van der Waals surface area contributed by atoms with E-state index in [2.05, 4.69) is 16.0 Å². The van der Waals surface area contributed by atoms with Gasteiger partial charge in [-0.1, -0.05) is 96.5 Å². The summed E-state index contributed by atoms with van der Waals surface area (Å²) >= 11 is 7.74. The molecule has 8 heteroatoms. The van der Waals surface area contributed by atoms with Crippen LogP contribution >= 0.6 is 23.4 Å². The van der Waals surface area contributed by atoms with E-state index >= 15 is 0 Å². The summed E-state index contributed by atoms with van der Waals surface area (Å²) in [6, 6.07) is 41.8. The fourth-order valence-electron chi connectivity index (χ4n) is 4.27. The molecular weight excluding hydrogens is 590 g/mol. The van der Waals surface area contributed by atoms with Crippen LogP contribution in [-0.2, 0) is 9.59 Å². The minimum absolute atomic E-state index is 0.0344. The second kappa shape index (κ2) is 14.9. The Hall–Kier alpha value is -5.11. The summed E-state index contributed by atoms with van der Waals surface area (Å²) in [6.07, 6.45) is 1.54. The summed E-state index contributed by atoms with van der Waals surface area (Å²) in [4.78, 5) is 40.5. The number of anilines is 2. The van der Waals surface area contributed by atoms with Crippen LogP contribution in [0.25, 0.3) is 6.08 Å². The van der Waals surface area contributed by atoms with Gasteiger partial charge in [0.05, 0.1) is 0 Å². The van der Waals surface area contributed by atoms with Crippen LogP contribution in [0.5, 0.6) is 0 Å². The Kier molecular flexibility index (Phi) is 10.3. The molecule has 0 radical (unpaired) electrons. The molecule has 0 aliphatic heterocycles. The third kappa shape index (κ3) is 8.25. The van der Waals surface area contributed by atoms with E-state index in [0.29, 0.717) is 21.8 Å². The van der Waals surface area contributed by atoms with Crippen molar-refractivity contribution in [3.05, 3.63) is 167 Å². The maximum atomic E-state index is 13.4. The van der Waals surface area contributed by atoms with E-state index in [1.807, 2.05) is 78.9 Å². The van der Waals surface area contributed by atoms with Crippen molar-refractivity contribution in [2.45, 2.75) is 10.1 Å². The van der Waals surface area contributed by atoms with E-state index in [1.165, 1.54) is 11.8 Å². The Bertz CT molecular complexity index is 1760. The lowest BCUT2D eigenvalue weighted by Gasteiger charge is -2.17. The maximum absolute atomic E-state index is 13.4. The van der Waals surface area contributed by atoms with Crippen molar-refractivity contribution < 1.29 is 14.4 Å². The Morgan fingerprint density at radius 1 is 0.636 bits per heavy atom. The molecule has 0 spiro atoms. The Labute approximate surface area is 265 Å². The predicted octanol–water partition coefficient (Wildman–Crippen LogP) is 8.22. The van der Waals surface area contributed by atoms with Crippen molar-refractivity contribution in [2.75, 3.05) is 10.6 Å². The van der Waals surface area contributed by atoms with E-state index in [9.17, 15) is 14.4 Å². The van der Waals surface area contributed by atoms with E-state index in [0.717, 1.165) is 16.1 Å². The van der Waals surface area contributed by atoms with Gasteiger partial charge in [0.1, 0.15) is 10.9 Å². The van der Waals surface area contributed by atoms with E-state index in [4.69, 9.17) is 11.6 Å². The third-order valence-electron chi connectivity index (χ3n) is 6.48. The highest BCUT2D eigenvalue weighted by atomic mass is 35.5. The van der Waals surface area contributed by atoms with Gasteiger partial charge >= 0.3 is 0 Å². The average molecular weight is 618 g/mol. The van der Waals surface area contributed by atoms with Gasteiger partial charge in [0.25, 0.3) is 11.8 Å². The number of carbonyl (C=O) groups excluding carboxylic acids is 3. The zero-order valence-electron chi connectivity index (χ0n) is 23.4. The molecule has 0 aliphatic carbocycles. The molecular formula is C36H28ClN3O3S. The smallest absolute Gasteiger partial charge is 0.272 e. The molecule has 0 bridgehead atoms. The van der Waals surface area contributed by atoms with Gasteiger partial charge in [-0.25, -0.2) is 0 Å². The normalized spacial score (nSPS) is 11.7. The van der Waals surface area contributed by atoms with Gasteiger partial charge < -0.3 is 16.0 Å². The summed E-state index contributed by atoms with van der Waals surface area (Å²) in [5.41, 5.74) is 3.13. The van der Waals surface area contributed by atoms with Crippen LogP contribution in [-0.4, -0.2) is 17.7 Å². The first-order chi connectivity index (χ1) is 21.5. The number of thioether (sulfide) groups is 1. The lowest BCUT2D eigenvalue weighted by Crippen LogP contribution is -2.30. The third-order valence-corrected chi connectivity index (χ3v) is 8.09. The fraction of sp³-hybridized carbons (Fsp3) is 0.0278. The molecule has 218 valence electrons. The summed E-state index contributed by atoms with van der Waals surface area (Å²) in [6.45, 7) is 0. The van der Waals surface area contributed by atoms with Gasteiger partial charge in [-0.3, -0.25) is 14.4 Å². The molecule has 0 heterocycles. The largest absolute Gasteiger partial charge is 0.325 e. The first kappa shape index (κ1) is 30.4. The molecule has 3 N–H and O–H groups in total. The van der Waals surface area contributed by atoms with E-state index < -0.39 is 17.1 Å². The highest BCUT2D eigenvalue weighted by molar-refractivity contribution is 8.00. The molecule has 0 aliphatic rings. The predicted molar refractivity (Wildman–Crippen MR) is 179 cm³/mol. The molecule has 44 heavy (non-hydrogen) atoms. The fourth-order valence-corrected chi connectivity index (χ4v) is 5.49. The standard InChI is InChI=1S/C36H28ClN3O3S/c37-31-19-11-10-16-27(31)24-32(40-34(41)26-14-6-2-7-15-26)35(42)38-29-20-22-30(23-21-29)44-33(25-12-4-1-5-13-25)36(43)39-28-17-8-3-9-18-28/h1-24,33H,(H,38,42)(H,39,43)(H,40,41)/b32-24-. The van der Waals surface area contributed by atoms with Crippen LogP contribution in [0.15, 0.2) is 150 Å². The number of nitrogens with one attached hydrogen (secondary N) is 3. The van der Waals surface area contributed by atoms with Crippen molar-refractivity contribution in [3.63, 3.8) is 0 Å². The second-order valence-electron chi connectivity index (χ2n) is 9.64. The molecule has 0 aromatic heterocycles. The lowest BCUT2D eigenvalue weighted by atomic mass is 10.1. The molecule has 5 aromatic rings. The Morgan fingerprint density at radius 3 is 1.86 bits per heavy atom. The van der Waals surface area contributed by atoms with Crippen LogP contribution < -0.4 is 16.0 Å². The lowest BCUT2D eigenvalue weighted by molar-refractivity contribution is -0.116. The molecule has 1 atom stereocenters. The van der Waals surface area contributed by atoms with Gasteiger partial charge in [-0.2, -0.15) is 0 Å². The number of rotatable bonds is 10. The van der Waals surface area contributed by atoms with Crippen molar-refractivity contribution >= 4 is 58.5 Å². The minimum Gasteiger partial charge on any atom is -0.325 e. The number of hydrogen-bond donors (Lipinski definition) is 3. The molecule has 6 nitrogen and oxygen atoms in total. The monoisotopic (exact) mass is 617 g/mol. The van der Waals surface area contributed by atoms with Gasteiger partial charge in [0, 0.05) is 26.9 Å². The summed E-state index contributed by atoms with van der Waals surface area (Å²) < 4.78 is 0. The summed E-state index contributed by atoms with van der Waals surface area (Å²) in [7, 11) is 0.